The van der Waals surface area contributed by atoms with Crippen molar-refractivity contribution in [1.29, 1.82) is 0 Å². The molecule has 0 unspecified atom stereocenters. The first kappa shape index (κ1) is 15.5. The van der Waals surface area contributed by atoms with Crippen LogP contribution in [0.5, 0.6) is 11.5 Å². The number of ether oxygens (including phenoxy) is 2. The van der Waals surface area contributed by atoms with Gasteiger partial charge in [-0.3, -0.25) is 14.5 Å². The molecule has 0 bridgehead atoms. The van der Waals surface area contributed by atoms with E-state index in [0.717, 1.165) is 12.1 Å². The summed E-state index contributed by atoms with van der Waals surface area (Å²) in [5, 5.41) is 0. The fourth-order valence-corrected chi connectivity index (χ4v) is 3.08. The summed E-state index contributed by atoms with van der Waals surface area (Å²) in [6.07, 6.45) is 1.38. The highest BCUT2D eigenvalue weighted by Crippen LogP contribution is 2.33. The third-order valence-electron chi connectivity index (χ3n) is 4.42. The fraction of sp³-hybridized carbons (Fsp3) is 0.263. The molecule has 2 heterocycles. The number of amides is 2. The Hall–Kier alpha value is -3.02. The summed E-state index contributed by atoms with van der Waals surface area (Å²) in [6, 6.07) is 14.5. The van der Waals surface area contributed by atoms with E-state index in [0.29, 0.717) is 30.0 Å². The summed E-state index contributed by atoms with van der Waals surface area (Å²) in [5.41, 5.74) is 1.25. The third-order valence-corrected chi connectivity index (χ3v) is 4.42. The number of hydrogen-bond acceptors (Lipinski definition) is 4. The average Bonchev–Trinajstić information content (AvgIpc) is 3.28. The number of anilines is 1. The number of hydrogen-bond donors (Lipinski definition) is 0. The minimum atomic E-state index is -0.177. The highest BCUT2D eigenvalue weighted by Gasteiger charge is 2.27. The monoisotopic (exact) mass is 338 g/mol. The van der Waals surface area contributed by atoms with Gasteiger partial charge in [0, 0.05) is 24.2 Å². The molecule has 0 spiro atoms. The Bertz CT molecular complexity index is 806. The van der Waals surface area contributed by atoms with Gasteiger partial charge in [-0.1, -0.05) is 18.2 Å². The van der Waals surface area contributed by atoms with Crippen molar-refractivity contribution in [3.8, 4) is 11.5 Å². The molecule has 0 saturated carbocycles. The third kappa shape index (κ3) is 3.03. The molecule has 1 fully saturated rings. The Labute approximate surface area is 145 Å². The van der Waals surface area contributed by atoms with Crippen LogP contribution < -0.4 is 14.4 Å². The van der Waals surface area contributed by atoms with E-state index >= 15 is 0 Å². The zero-order valence-corrected chi connectivity index (χ0v) is 13.7. The van der Waals surface area contributed by atoms with Gasteiger partial charge >= 0.3 is 0 Å². The van der Waals surface area contributed by atoms with Crippen LogP contribution in [0.15, 0.2) is 48.5 Å². The second kappa shape index (κ2) is 6.47. The molecule has 2 aliphatic rings. The van der Waals surface area contributed by atoms with E-state index in [-0.39, 0.29) is 25.3 Å². The fourth-order valence-electron chi connectivity index (χ4n) is 3.08. The molecule has 2 aromatic rings. The van der Waals surface area contributed by atoms with Crippen molar-refractivity contribution < 1.29 is 19.1 Å². The Balaban J connectivity index is 1.65. The first-order chi connectivity index (χ1) is 12.2. The molecule has 2 aromatic carbocycles. The molecule has 0 N–H and O–H groups in total. The van der Waals surface area contributed by atoms with E-state index in [9.17, 15) is 9.59 Å². The van der Waals surface area contributed by atoms with Gasteiger partial charge in [0.25, 0.3) is 5.91 Å². The first-order valence-electron chi connectivity index (χ1n) is 8.27. The van der Waals surface area contributed by atoms with Crippen LogP contribution in [0.2, 0.25) is 0 Å². The topological polar surface area (TPSA) is 59.1 Å². The van der Waals surface area contributed by atoms with Crippen LogP contribution in [0.3, 0.4) is 0 Å². The minimum Gasteiger partial charge on any atom is -0.454 e. The standard InChI is InChI=1S/C19H18N2O4/c22-18-7-4-10-20(18)12-21(15-5-2-1-3-6-15)19(23)14-8-9-16-17(11-14)25-13-24-16/h1-3,5-6,8-9,11H,4,7,10,12-13H2. The summed E-state index contributed by atoms with van der Waals surface area (Å²) < 4.78 is 10.7. The van der Waals surface area contributed by atoms with Gasteiger partial charge in [-0.15, -0.1) is 0 Å². The second-order valence-corrected chi connectivity index (χ2v) is 6.04. The number of nitrogens with zero attached hydrogens (tertiary/aromatic N) is 2. The van der Waals surface area contributed by atoms with Gasteiger partial charge in [0.15, 0.2) is 11.5 Å². The van der Waals surface area contributed by atoms with Crippen LogP contribution in [0.4, 0.5) is 5.69 Å². The zero-order chi connectivity index (χ0) is 17.2. The summed E-state index contributed by atoms with van der Waals surface area (Å²) in [6.45, 7) is 1.09. The molecule has 4 rings (SSSR count). The SMILES string of the molecule is O=C1CCCN1CN(C(=O)c1ccc2c(c1)OCO2)c1ccccc1. The van der Waals surface area contributed by atoms with Gasteiger partial charge in [0.05, 0.1) is 0 Å². The van der Waals surface area contributed by atoms with Gasteiger partial charge in [-0.25, -0.2) is 0 Å². The van der Waals surface area contributed by atoms with Crippen molar-refractivity contribution in [3.63, 3.8) is 0 Å². The van der Waals surface area contributed by atoms with E-state index < -0.39 is 0 Å². The van der Waals surface area contributed by atoms with Crippen molar-refractivity contribution >= 4 is 17.5 Å². The first-order valence-corrected chi connectivity index (χ1v) is 8.27. The molecule has 6 heteroatoms. The number of carbonyl (C=O) groups excluding carboxylic acids is 2. The highest BCUT2D eigenvalue weighted by atomic mass is 16.7. The van der Waals surface area contributed by atoms with E-state index in [2.05, 4.69) is 0 Å². The largest absolute Gasteiger partial charge is 0.454 e. The zero-order valence-electron chi connectivity index (χ0n) is 13.7. The predicted molar refractivity (Wildman–Crippen MR) is 91.6 cm³/mol. The lowest BCUT2D eigenvalue weighted by atomic mass is 10.1. The van der Waals surface area contributed by atoms with Gasteiger partial charge in [0.1, 0.15) is 6.67 Å². The molecule has 6 nitrogen and oxygen atoms in total. The van der Waals surface area contributed by atoms with Gasteiger partial charge in [0.2, 0.25) is 12.7 Å². The number of likely N-dealkylation sites (tertiary alicyclic amines) is 1. The Morgan fingerprint density at radius 1 is 1.08 bits per heavy atom. The summed E-state index contributed by atoms with van der Waals surface area (Å²) in [4.78, 5) is 28.5. The molecular weight excluding hydrogens is 320 g/mol. The molecule has 0 atom stereocenters. The summed E-state index contributed by atoms with van der Waals surface area (Å²) >= 11 is 0. The maximum Gasteiger partial charge on any atom is 0.259 e. The van der Waals surface area contributed by atoms with Crippen molar-refractivity contribution in [2.24, 2.45) is 0 Å². The predicted octanol–water partition coefficient (Wildman–Crippen LogP) is 2.64. The van der Waals surface area contributed by atoms with Crippen LogP contribution >= 0.6 is 0 Å². The molecule has 2 amide bonds. The van der Waals surface area contributed by atoms with Crippen LogP contribution in [0.25, 0.3) is 0 Å². The van der Waals surface area contributed by atoms with E-state index in [1.807, 2.05) is 30.3 Å². The van der Waals surface area contributed by atoms with Crippen LogP contribution in [-0.2, 0) is 4.79 Å². The highest BCUT2D eigenvalue weighted by molar-refractivity contribution is 6.06. The van der Waals surface area contributed by atoms with E-state index in [4.69, 9.17) is 9.47 Å². The van der Waals surface area contributed by atoms with Gasteiger partial charge in [-0.2, -0.15) is 0 Å². The molecule has 25 heavy (non-hydrogen) atoms. The van der Waals surface area contributed by atoms with Gasteiger partial charge < -0.3 is 14.4 Å². The van der Waals surface area contributed by atoms with Crippen molar-refractivity contribution in [1.82, 2.24) is 4.90 Å². The molecule has 1 saturated heterocycles. The number of fused-ring (bicyclic) bond motifs is 1. The number of carbonyl (C=O) groups is 2. The number of benzene rings is 2. The molecule has 0 aliphatic carbocycles. The number of para-hydroxylation sites is 1. The smallest absolute Gasteiger partial charge is 0.259 e. The minimum absolute atomic E-state index is 0.0828. The van der Waals surface area contributed by atoms with E-state index in [1.165, 1.54) is 0 Å². The van der Waals surface area contributed by atoms with Crippen molar-refractivity contribution in [3.05, 3.63) is 54.1 Å². The van der Waals surface area contributed by atoms with Gasteiger partial charge in [-0.05, 0) is 36.8 Å². The summed E-state index contributed by atoms with van der Waals surface area (Å²) in [5.74, 6) is 1.11. The van der Waals surface area contributed by atoms with Crippen LogP contribution in [-0.4, -0.2) is 36.7 Å². The molecular formula is C19H18N2O4. The lowest BCUT2D eigenvalue weighted by Gasteiger charge is -2.28. The maximum atomic E-state index is 13.1. The average molecular weight is 338 g/mol. The molecule has 2 aliphatic heterocycles. The molecule has 128 valence electrons. The van der Waals surface area contributed by atoms with E-state index in [1.54, 1.807) is 28.0 Å². The molecule has 0 aromatic heterocycles. The lowest BCUT2D eigenvalue weighted by molar-refractivity contribution is -0.127. The molecule has 0 radical (unpaired) electrons. The van der Waals surface area contributed by atoms with Crippen LogP contribution in [0.1, 0.15) is 23.2 Å². The van der Waals surface area contributed by atoms with Crippen LogP contribution in [0, 0.1) is 0 Å². The van der Waals surface area contributed by atoms with Crippen molar-refractivity contribution in [2.45, 2.75) is 12.8 Å². The Kier molecular flexibility index (Phi) is 4.01. The Morgan fingerprint density at radius 2 is 1.88 bits per heavy atom. The normalized spacial score (nSPS) is 15.5. The summed E-state index contributed by atoms with van der Waals surface area (Å²) in [7, 11) is 0. The maximum absolute atomic E-state index is 13.1. The number of rotatable bonds is 4. The second-order valence-electron chi connectivity index (χ2n) is 6.04. The quantitative estimate of drug-likeness (QED) is 0.860. The Morgan fingerprint density at radius 3 is 2.64 bits per heavy atom. The lowest BCUT2D eigenvalue weighted by Crippen LogP contribution is -2.42. The van der Waals surface area contributed by atoms with Crippen molar-refractivity contribution in [2.75, 3.05) is 24.9 Å².